The third-order valence-electron chi connectivity index (χ3n) is 8.54. The van der Waals surface area contributed by atoms with Gasteiger partial charge in [0.1, 0.15) is 0 Å². The number of ketones is 1. The highest BCUT2D eigenvalue weighted by Gasteiger charge is 2.39. The Hall–Kier alpha value is -1.46. The van der Waals surface area contributed by atoms with Gasteiger partial charge in [0.15, 0.2) is 5.78 Å². The van der Waals surface area contributed by atoms with Gasteiger partial charge in [0.25, 0.3) is 0 Å². The monoisotopic (exact) mass is 455 g/mol. The fraction of sp³-hybridized carbons (Fsp3) is 0.704. The maximum Gasteiger partial charge on any atom is 0.230 e. The van der Waals surface area contributed by atoms with Crippen LogP contribution in [0.3, 0.4) is 0 Å². The first kappa shape index (κ1) is 22.3. The van der Waals surface area contributed by atoms with Crippen LogP contribution in [0, 0.1) is 23.7 Å². The predicted octanol–water partition coefficient (Wildman–Crippen LogP) is 6.23. The normalized spacial score (nSPS) is 34.4. The minimum Gasteiger partial charge on any atom is -0.393 e. The number of rotatable bonds is 5. The van der Waals surface area contributed by atoms with Gasteiger partial charge in [-0.3, -0.25) is 9.59 Å². The van der Waals surface area contributed by atoms with Crippen molar-refractivity contribution in [3.63, 3.8) is 0 Å². The fourth-order valence-corrected chi connectivity index (χ4v) is 7.74. The molecule has 1 aromatic heterocycles. The molecule has 0 aliphatic heterocycles. The summed E-state index contributed by atoms with van der Waals surface area (Å²) < 4.78 is 0. The number of hydrogen-bond donors (Lipinski definition) is 1. The molecular formula is C27H37NO3S. The van der Waals surface area contributed by atoms with Crippen molar-refractivity contribution in [2.24, 2.45) is 23.7 Å². The van der Waals surface area contributed by atoms with Crippen molar-refractivity contribution in [1.82, 2.24) is 0 Å². The van der Waals surface area contributed by atoms with Crippen LogP contribution in [0.1, 0.15) is 99.0 Å². The molecule has 1 aromatic rings. The van der Waals surface area contributed by atoms with E-state index in [1.54, 1.807) is 18.3 Å². The molecule has 32 heavy (non-hydrogen) atoms. The molecule has 0 aromatic carbocycles. The lowest BCUT2D eigenvalue weighted by atomic mass is 9.81. The Kier molecular flexibility index (Phi) is 6.32. The molecule has 4 aliphatic rings. The molecule has 0 spiro atoms. The minimum absolute atomic E-state index is 0.0583. The summed E-state index contributed by atoms with van der Waals surface area (Å²) in [5.74, 6) is 2.35. The number of aliphatic hydroxyl groups excluding tert-OH is 1. The second-order valence-electron chi connectivity index (χ2n) is 10.9. The Labute approximate surface area is 196 Å². The van der Waals surface area contributed by atoms with Gasteiger partial charge in [-0.15, -0.1) is 11.3 Å². The van der Waals surface area contributed by atoms with Crippen LogP contribution in [0.15, 0.2) is 12.1 Å². The number of allylic oxidation sites excluding steroid dienone is 2. The van der Waals surface area contributed by atoms with Gasteiger partial charge in [0.2, 0.25) is 5.91 Å². The summed E-state index contributed by atoms with van der Waals surface area (Å²) in [5.41, 5.74) is 2.27. The number of fused-ring (bicyclic) bond motifs is 2. The molecule has 2 unspecified atom stereocenters. The lowest BCUT2D eigenvalue weighted by molar-refractivity contribution is -0.124. The van der Waals surface area contributed by atoms with Gasteiger partial charge in [-0.2, -0.15) is 0 Å². The first-order valence-corrected chi connectivity index (χ1v) is 13.6. The summed E-state index contributed by atoms with van der Waals surface area (Å²) in [4.78, 5) is 30.7. The third kappa shape index (κ3) is 4.23. The van der Waals surface area contributed by atoms with Gasteiger partial charge in [-0.25, -0.2) is 0 Å². The maximum absolute atomic E-state index is 14.0. The van der Waals surface area contributed by atoms with Gasteiger partial charge in [-0.05, 0) is 100 Å². The first-order valence-electron chi connectivity index (χ1n) is 12.8. The third-order valence-corrected chi connectivity index (χ3v) is 9.81. The SMILES string of the molecule is CC(=O)c1sc(C2=CC3CCC2C3)cc1N(C(=O)C1CCC(C)CC1)C1CCC(O)CC1. The van der Waals surface area contributed by atoms with Gasteiger partial charge >= 0.3 is 0 Å². The number of anilines is 1. The Bertz CT molecular complexity index is 902. The lowest BCUT2D eigenvalue weighted by Gasteiger charge is -2.39. The molecular weight excluding hydrogens is 418 g/mol. The van der Waals surface area contributed by atoms with Crippen molar-refractivity contribution in [1.29, 1.82) is 0 Å². The topological polar surface area (TPSA) is 57.6 Å². The number of carbonyl (C=O) groups excluding carboxylic acids is 2. The molecule has 4 nitrogen and oxygen atoms in total. The van der Waals surface area contributed by atoms with E-state index in [1.807, 2.05) is 4.90 Å². The molecule has 0 radical (unpaired) electrons. The number of Topliss-reactive ketones (excluding diaryl/α,β-unsaturated/α-hetero) is 1. The molecule has 5 rings (SSSR count). The molecule has 1 amide bonds. The summed E-state index contributed by atoms with van der Waals surface area (Å²) in [6.07, 6.45) is 13.2. The second-order valence-corrected chi connectivity index (χ2v) is 12.0. The van der Waals surface area contributed by atoms with Crippen LogP contribution >= 0.6 is 11.3 Å². The number of thiophene rings is 1. The first-order chi connectivity index (χ1) is 15.4. The average molecular weight is 456 g/mol. The van der Waals surface area contributed by atoms with Gasteiger partial charge < -0.3 is 10.0 Å². The van der Waals surface area contributed by atoms with Gasteiger partial charge in [-0.1, -0.05) is 13.0 Å². The van der Waals surface area contributed by atoms with Crippen molar-refractivity contribution in [2.45, 2.75) is 96.6 Å². The van der Waals surface area contributed by atoms with Crippen molar-refractivity contribution in [3.05, 3.63) is 21.9 Å². The van der Waals surface area contributed by atoms with Gasteiger partial charge in [0.05, 0.1) is 16.7 Å². The van der Waals surface area contributed by atoms with Crippen LogP contribution in [-0.2, 0) is 4.79 Å². The molecule has 1 heterocycles. The number of nitrogens with zero attached hydrogens (tertiary/aromatic N) is 1. The van der Waals surface area contributed by atoms with Crippen LogP contribution in [0.4, 0.5) is 5.69 Å². The van der Waals surface area contributed by atoms with E-state index >= 15 is 0 Å². The molecule has 2 atom stereocenters. The molecule has 5 heteroatoms. The standard InChI is InChI=1S/C27H37NO3S/c1-16-3-6-19(7-4-16)27(31)28(21-9-11-22(30)12-10-21)24-15-25(32-26(24)17(2)29)23-14-18-5-8-20(23)13-18/h14-16,18-22,30H,3-13H2,1-2H3. The summed E-state index contributed by atoms with van der Waals surface area (Å²) >= 11 is 1.60. The lowest BCUT2D eigenvalue weighted by Crippen LogP contribution is -2.47. The molecule has 2 bridgehead atoms. The Morgan fingerprint density at radius 2 is 1.72 bits per heavy atom. The summed E-state index contributed by atoms with van der Waals surface area (Å²) in [6, 6.07) is 2.25. The summed E-state index contributed by atoms with van der Waals surface area (Å²) in [5, 5.41) is 10.1. The van der Waals surface area contributed by atoms with E-state index in [4.69, 9.17) is 0 Å². The zero-order valence-electron chi connectivity index (χ0n) is 19.5. The van der Waals surface area contributed by atoms with E-state index in [0.717, 1.165) is 61.9 Å². The molecule has 1 N–H and O–H groups in total. The van der Waals surface area contributed by atoms with Crippen molar-refractivity contribution < 1.29 is 14.7 Å². The van der Waals surface area contributed by atoms with Crippen LogP contribution < -0.4 is 4.90 Å². The van der Waals surface area contributed by atoms with Crippen molar-refractivity contribution in [3.8, 4) is 0 Å². The number of hydrogen-bond acceptors (Lipinski definition) is 4. The second kappa shape index (κ2) is 9.06. The Balaban J connectivity index is 1.51. The van der Waals surface area contributed by atoms with Crippen molar-refractivity contribution in [2.75, 3.05) is 4.90 Å². The molecule has 0 saturated heterocycles. The minimum atomic E-state index is -0.261. The Morgan fingerprint density at radius 1 is 1.00 bits per heavy atom. The van der Waals surface area contributed by atoms with E-state index < -0.39 is 0 Å². The quantitative estimate of drug-likeness (QED) is 0.536. The van der Waals surface area contributed by atoms with E-state index in [-0.39, 0.29) is 29.8 Å². The van der Waals surface area contributed by atoms with Crippen molar-refractivity contribution >= 4 is 34.3 Å². The summed E-state index contributed by atoms with van der Waals surface area (Å²) in [6.45, 7) is 3.92. The summed E-state index contributed by atoms with van der Waals surface area (Å²) in [7, 11) is 0. The van der Waals surface area contributed by atoms with Crippen LogP contribution in [0.5, 0.6) is 0 Å². The highest BCUT2D eigenvalue weighted by atomic mass is 32.1. The molecule has 3 fully saturated rings. The predicted molar refractivity (Wildman–Crippen MR) is 130 cm³/mol. The van der Waals surface area contributed by atoms with E-state index in [2.05, 4.69) is 19.1 Å². The van der Waals surface area contributed by atoms with Crippen LogP contribution in [0.25, 0.3) is 5.57 Å². The van der Waals surface area contributed by atoms with E-state index in [1.165, 1.54) is 29.7 Å². The molecule has 174 valence electrons. The smallest absolute Gasteiger partial charge is 0.230 e. The highest BCUT2D eigenvalue weighted by Crippen LogP contribution is 2.51. The Morgan fingerprint density at radius 3 is 2.31 bits per heavy atom. The number of amides is 1. The molecule has 4 aliphatic carbocycles. The van der Waals surface area contributed by atoms with E-state index in [9.17, 15) is 14.7 Å². The van der Waals surface area contributed by atoms with Crippen LogP contribution in [-0.4, -0.2) is 28.9 Å². The molecule has 3 saturated carbocycles. The maximum atomic E-state index is 14.0. The largest absolute Gasteiger partial charge is 0.393 e. The fourth-order valence-electron chi connectivity index (χ4n) is 6.59. The zero-order chi connectivity index (χ0) is 22.4. The van der Waals surface area contributed by atoms with Gasteiger partial charge in [0, 0.05) is 23.8 Å². The number of carbonyl (C=O) groups is 2. The average Bonchev–Trinajstić information content (AvgIpc) is 3.51. The van der Waals surface area contributed by atoms with Crippen LogP contribution in [0.2, 0.25) is 0 Å². The number of aliphatic hydroxyl groups is 1. The van der Waals surface area contributed by atoms with E-state index in [0.29, 0.717) is 17.8 Å². The zero-order valence-corrected chi connectivity index (χ0v) is 20.3. The highest BCUT2D eigenvalue weighted by molar-refractivity contribution is 7.15.